The fourth-order valence-electron chi connectivity index (χ4n) is 1.98. The van der Waals surface area contributed by atoms with Crippen LogP contribution in [0.25, 0.3) is 10.6 Å². The monoisotopic (exact) mass is 351 g/mol. The smallest absolute Gasteiger partial charge is 0.251 e. The molecule has 0 unspecified atom stereocenters. The lowest BCUT2D eigenvalue weighted by atomic mass is 10.2. The number of benzene rings is 1. The first-order valence-electron chi connectivity index (χ1n) is 6.49. The molecule has 1 N–H and O–H groups in total. The van der Waals surface area contributed by atoms with Crippen molar-refractivity contribution in [1.82, 2.24) is 5.32 Å². The minimum Gasteiger partial charge on any atom is -0.458 e. The van der Waals surface area contributed by atoms with Crippen LogP contribution in [0.2, 0.25) is 10.0 Å². The van der Waals surface area contributed by atoms with Crippen molar-refractivity contribution in [2.75, 3.05) is 0 Å². The van der Waals surface area contributed by atoms with Gasteiger partial charge in [-0.25, -0.2) is 0 Å². The molecule has 0 spiro atoms. The average molecular weight is 352 g/mol. The van der Waals surface area contributed by atoms with E-state index in [1.807, 2.05) is 29.6 Å². The molecule has 22 heavy (non-hydrogen) atoms. The van der Waals surface area contributed by atoms with E-state index in [-0.39, 0.29) is 5.91 Å². The average Bonchev–Trinajstić information content (AvgIpc) is 3.14. The maximum atomic E-state index is 12.1. The lowest BCUT2D eigenvalue weighted by molar-refractivity contribution is 0.0948. The standard InChI is InChI=1S/C16H11Cl2NO2S/c17-11-6-10(7-12(18)8-11)16(20)19-9-13-3-4-14(21-13)15-2-1-5-22-15/h1-8H,9H2,(H,19,20). The molecule has 6 heteroatoms. The van der Waals surface area contributed by atoms with Gasteiger partial charge in [0.05, 0.1) is 11.4 Å². The summed E-state index contributed by atoms with van der Waals surface area (Å²) in [6.45, 7) is 0.300. The molecule has 0 atom stereocenters. The number of nitrogens with one attached hydrogen (secondary N) is 1. The van der Waals surface area contributed by atoms with Gasteiger partial charge in [0.2, 0.25) is 0 Å². The van der Waals surface area contributed by atoms with Crippen LogP contribution in [0, 0.1) is 0 Å². The van der Waals surface area contributed by atoms with Gasteiger partial charge in [-0.2, -0.15) is 0 Å². The maximum absolute atomic E-state index is 12.1. The predicted molar refractivity (Wildman–Crippen MR) is 89.7 cm³/mol. The number of carbonyl (C=O) groups is 1. The van der Waals surface area contributed by atoms with Crippen molar-refractivity contribution in [3.05, 3.63) is 69.2 Å². The summed E-state index contributed by atoms with van der Waals surface area (Å²) in [5.41, 5.74) is 0.419. The maximum Gasteiger partial charge on any atom is 0.251 e. The number of amides is 1. The molecule has 0 radical (unpaired) electrons. The highest BCUT2D eigenvalue weighted by atomic mass is 35.5. The third-order valence-electron chi connectivity index (χ3n) is 2.97. The van der Waals surface area contributed by atoms with Crippen LogP contribution in [-0.4, -0.2) is 5.91 Å². The molecule has 3 aromatic rings. The van der Waals surface area contributed by atoms with Crippen LogP contribution < -0.4 is 5.32 Å². The third kappa shape index (κ3) is 3.53. The highest BCUT2D eigenvalue weighted by Gasteiger charge is 2.10. The fraction of sp³-hybridized carbons (Fsp3) is 0.0625. The highest BCUT2D eigenvalue weighted by Crippen LogP contribution is 2.26. The van der Waals surface area contributed by atoms with Gasteiger partial charge < -0.3 is 9.73 Å². The van der Waals surface area contributed by atoms with Gasteiger partial charge in [0.15, 0.2) is 0 Å². The zero-order chi connectivity index (χ0) is 15.5. The van der Waals surface area contributed by atoms with Gasteiger partial charge >= 0.3 is 0 Å². The Morgan fingerprint density at radius 1 is 1.14 bits per heavy atom. The van der Waals surface area contributed by atoms with E-state index in [0.717, 1.165) is 10.6 Å². The Morgan fingerprint density at radius 3 is 2.59 bits per heavy atom. The lowest BCUT2D eigenvalue weighted by Crippen LogP contribution is -2.22. The van der Waals surface area contributed by atoms with Gasteiger partial charge in [0, 0.05) is 15.6 Å². The van der Waals surface area contributed by atoms with Crippen molar-refractivity contribution in [1.29, 1.82) is 0 Å². The lowest BCUT2D eigenvalue weighted by Gasteiger charge is -2.04. The predicted octanol–water partition coefficient (Wildman–Crippen LogP) is 5.24. The van der Waals surface area contributed by atoms with E-state index >= 15 is 0 Å². The molecule has 0 aliphatic rings. The molecular formula is C16H11Cl2NO2S. The largest absolute Gasteiger partial charge is 0.458 e. The molecule has 1 aromatic carbocycles. The van der Waals surface area contributed by atoms with E-state index < -0.39 is 0 Å². The van der Waals surface area contributed by atoms with Crippen molar-refractivity contribution in [2.45, 2.75) is 6.54 Å². The molecule has 112 valence electrons. The Labute approximate surface area is 141 Å². The van der Waals surface area contributed by atoms with Crippen LogP contribution in [0.3, 0.4) is 0 Å². The molecule has 2 aromatic heterocycles. The van der Waals surface area contributed by atoms with E-state index in [9.17, 15) is 4.79 Å². The van der Waals surface area contributed by atoms with Gasteiger partial charge in [0.1, 0.15) is 11.5 Å². The van der Waals surface area contributed by atoms with E-state index in [0.29, 0.717) is 27.9 Å². The first-order chi connectivity index (χ1) is 10.6. The second kappa shape index (κ2) is 6.57. The van der Waals surface area contributed by atoms with Crippen molar-refractivity contribution < 1.29 is 9.21 Å². The zero-order valence-electron chi connectivity index (χ0n) is 11.3. The van der Waals surface area contributed by atoms with E-state index in [1.54, 1.807) is 29.5 Å². The van der Waals surface area contributed by atoms with Crippen LogP contribution in [0.4, 0.5) is 0 Å². The summed E-state index contributed by atoms with van der Waals surface area (Å²) in [4.78, 5) is 13.1. The molecule has 0 fully saturated rings. The molecule has 0 bridgehead atoms. The summed E-state index contributed by atoms with van der Waals surface area (Å²) in [6.07, 6.45) is 0. The number of furan rings is 1. The normalized spacial score (nSPS) is 10.6. The number of hydrogen-bond acceptors (Lipinski definition) is 3. The van der Waals surface area contributed by atoms with Crippen LogP contribution in [0.15, 0.2) is 52.3 Å². The molecule has 3 nitrogen and oxygen atoms in total. The minimum absolute atomic E-state index is 0.251. The Hall–Kier alpha value is -1.75. The van der Waals surface area contributed by atoms with Gasteiger partial charge in [-0.15, -0.1) is 11.3 Å². The molecule has 1 amide bonds. The Balaban J connectivity index is 1.66. The van der Waals surface area contributed by atoms with Gasteiger partial charge in [0.25, 0.3) is 5.91 Å². The molecule has 3 rings (SSSR count). The third-order valence-corrected chi connectivity index (χ3v) is 4.29. The number of carbonyl (C=O) groups excluding carboxylic acids is 1. The quantitative estimate of drug-likeness (QED) is 0.697. The van der Waals surface area contributed by atoms with Crippen molar-refractivity contribution >= 4 is 40.4 Å². The SMILES string of the molecule is O=C(NCc1ccc(-c2cccs2)o1)c1cc(Cl)cc(Cl)c1. The molecule has 0 saturated carbocycles. The minimum atomic E-state index is -0.251. The number of halogens is 2. The topological polar surface area (TPSA) is 42.2 Å². The summed E-state index contributed by atoms with van der Waals surface area (Å²) >= 11 is 13.4. The number of rotatable bonds is 4. The van der Waals surface area contributed by atoms with Gasteiger partial charge in [-0.3, -0.25) is 4.79 Å². The van der Waals surface area contributed by atoms with Gasteiger partial charge in [-0.1, -0.05) is 29.3 Å². The summed E-state index contributed by atoms with van der Waals surface area (Å²) < 4.78 is 5.71. The van der Waals surface area contributed by atoms with Crippen molar-refractivity contribution in [3.63, 3.8) is 0 Å². The van der Waals surface area contributed by atoms with Crippen molar-refractivity contribution in [2.24, 2.45) is 0 Å². The van der Waals surface area contributed by atoms with E-state index in [2.05, 4.69) is 5.32 Å². The summed E-state index contributed by atoms with van der Waals surface area (Å²) in [5.74, 6) is 1.23. The van der Waals surface area contributed by atoms with Crippen molar-refractivity contribution in [3.8, 4) is 10.6 Å². The number of thiophene rings is 1. The summed E-state index contributed by atoms with van der Waals surface area (Å²) in [6, 6.07) is 12.4. The van der Waals surface area contributed by atoms with E-state index in [4.69, 9.17) is 27.6 Å². The molecular weight excluding hydrogens is 341 g/mol. The van der Waals surface area contributed by atoms with Crippen LogP contribution in [0.1, 0.15) is 16.1 Å². The molecule has 0 aliphatic carbocycles. The highest BCUT2D eigenvalue weighted by molar-refractivity contribution is 7.13. The first kappa shape index (κ1) is 15.2. The zero-order valence-corrected chi connectivity index (χ0v) is 13.6. The Morgan fingerprint density at radius 2 is 1.91 bits per heavy atom. The van der Waals surface area contributed by atoms with Gasteiger partial charge in [-0.05, 0) is 41.8 Å². The summed E-state index contributed by atoms with van der Waals surface area (Å²) in [5, 5.41) is 5.62. The molecule has 0 saturated heterocycles. The first-order valence-corrected chi connectivity index (χ1v) is 8.12. The molecule has 2 heterocycles. The van der Waals surface area contributed by atoms with Crippen LogP contribution >= 0.6 is 34.5 Å². The number of hydrogen-bond donors (Lipinski definition) is 1. The summed E-state index contributed by atoms with van der Waals surface area (Å²) in [7, 11) is 0. The fourth-order valence-corrected chi connectivity index (χ4v) is 3.19. The molecule has 0 aliphatic heterocycles. The van der Waals surface area contributed by atoms with Crippen LogP contribution in [0.5, 0.6) is 0 Å². The second-order valence-corrected chi connectivity index (χ2v) is 6.40. The van der Waals surface area contributed by atoms with E-state index in [1.165, 1.54) is 0 Å². The second-order valence-electron chi connectivity index (χ2n) is 4.58. The Kier molecular flexibility index (Phi) is 4.52. The Bertz CT molecular complexity index is 776. The van der Waals surface area contributed by atoms with Crippen LogP contribution in [-0.2, 0) is 6.54 Å².